The van der Waals surface area contributed by atoms with Crippen molar-refractivity contribution in [3.05, 3.63) is 78.3 Å². The van der Waals surface area contributed by atoms with Crippen LogP contribution in [0.1, 0.15) is 16.1 Å². The third kappa shape index (κ3) is 5.47. The minimum atomic E-state index is -0.294. The molecule has 8 heteroatoms. The lowest BCUT2D eigenvalue weighted by Gasteiger charge is -2.29. The molecular formula is C24H25N3O5. The Hall–Kier alpha value is -3.78. The SMILES string of the molecule is CN(CC(=O)Nc1ccccc1C(=O)NCc1ccco1)CC1COc2ccccc2O1. The largest absolute Gasteiger partial charge is 0.486 e. The Morgan fingerprint density at radius 1 is 1.03 bits per heavy atom. The molecule has 0 aliphatic carbocycles. The van der Waals surface area contributed by atoms with Crippen molar-refractivity contribution in [1.29, 1.82) is 0 Å². The molecule has 0 bridgehead atoms. The van der Waals surface area contributed by atoms with Crippen molar-refractivity contribution in [2.24, 2.45) is 0 Å². The molecule has 0 spiro atoms. The highest BCUT2D eigenvalue weighted by atomic mass is 16.6. The predicted molar refractivity (Wildman–Crippen MR) is 119 cm³/mol. The van der Waals surface area contributed by atoms with E-state index in [4.69, 9.17) is 13.9 Å². The fourth-order valence-corrected chi connectivity index (χ4v) is 3.47. The summed E-state index contributed by atoms with van der Waals surface area (Å²) in [5.41, 5.74) is 0.838. The molecule has 1 aliphatic heterocycles. The molecule has 166 valence electrons. The molecule has 2 aromatic carbocycles. The summed E-state index contributed by atoms with van der Waals surface area (Å²) in [6.07, 6.45) is 1.37. The van der Waals surface area contributed by atoms with Crippen LogP contribution in [0.25, 0.3) is 0 Å². The minimum Gasteiger partial charge on any atom is -0.486 e. The molecule has 1 aliphatic rings. The van der Waals surface area contributed by atoms with Crippen LogP contribution in [0, 0.1) is 0 Å². The number of nitrogens with zero attached hydrogens (tertiary/aromatic N) is 1. The van der Waals surface area contributed by atoms with Gasteiger partial charge in [-0.05, 0) is 43.4 Å². The number of rotatable bonds is 8. The molecule has 0 fully saturated rings. The van der Waals surface area contributed by atoms with Crippen molar-refractivity contribution in [1.82, 2.24) is 10.2 Å². The van der Waals surface area contributed by atoms with Gasteiger partial charge in [-0.25, -0.2) is 0 Å². The molecule has 1 unspecified atom stereocenters. The Labute approximate surface area is 186 Å². The molecule has 2 amide bonds. The number of furan rings is 1. The average molecular weight is 435 g/mol. The second-order valence-corrected chi connectivity index (χ2v) is 7.55. The van der Waals surface area contributed by atoms with E-state index in [0.29, 0.717) is 35.9 Å². The highest BCUT2D eigenvalue weighted by Gasteiger charge is 2.23. The number of fused-ring (bicyclic) bond motifs is 1. The summed E-state index contributed by atoms with van der Waals surface area (Å²) in [5, 5.41) is 5.62. The number of ether oxygens (including phenoxy) is 2. The number of benzene rings is 2. The molecular weight excluding hydrogens is 410 g/mol. The normalized spacial score (nSPS) is 14.8. The van der Waals surface area contributed by atoms with Gasteiger partial charge in [0.25, 0.3) is 5.91 Å². The van der Waals surface area contributed by atoms with Crippen LogP contribution in [-0.2, 0) is 11.3 Å². The molecule has 2 N–H and O–H groups in total. The van der Waals surface area contributed by atoms with Crippen molar-refractivity contribution in [3.8, 4) is 11.5 Å². The zero-order valence-corrected chi connectivity index (χ0v) is 17.7. The molecule has 32 heavy (non-hydrogen) atoms. The molecule has 1 aromatic heterocycles. The lowest BCUT2D eigenvalue weighted by Crippen LogP contribution is -2.42. The Morgan fingerprint density at radius 3 is 2.62 bits per heavy atom. The highest BCUT2D eigenvalue weighted by Crippen LogP contribution is 2.30. The number of hydrogen-bond acceptors (Lipinski definition) is 6. The monoisotopic (exact) mass is 435 g/mol. The van der Waals surface area contributed by atoms with E-state index in [9.17, 15) is 9.59 Å². The number of anilines is 1. The number of likely N-dealkylation sites (N-methyl/N-ethyl adjacent to an activating group) is 1. The summed E-state index contributed by atoms with van der Waals surface area (Å²) < 4.78 is 16.9. The van der Waals surface area contributed by atoms with Gasteiger partial charge >= 0.3 is 0 Å². The number of hydrogen-bond donors (Lipinski definition) is 2. The van der Waals surface area contributed by atoms with Crippen LogP contribution >= 0.6 is 0 Å². The second-order valence-electron chi connectivity index (χ2n) is 7.55. The van der Waals surface area contributed by atoms with Crippen LogP contribution in [-0.4, -0.2) is 49.6 Å². The van der Waals surface area contributed by atoms with Gasteiger partial charge in [0.15, 0.2) is 11.5 Å². The smallest absolute Gasteiger partial charge is 0.253 e. The van der Waals surface area contributed by atoms with Crippen LogP contribution in [0.15, 0.2) is 71.3 Å². The maximum atomic E-state index is 12.6. The van der Waals surface area contributed by atoms with Crippen molar-refractivity contribution >= 4 is 17.5 Å². The van der Waals surface area contributed by atoms with E-state index < -0.39 is 0 Å². The van der Waals surface area contributed by atoms with Crippen LogP contribution in [0.5, 0.6) is 11.5 Å². The quantitative estimate of drug-likeness (QED) is 0.565. The van der Waals surface area contributed by atoms with Crippen molar-refractivity contribution in [2.45, 2.75) is 12.6 Å². The molecule has 2 heterocycles. The number of carbonyl (C=O) groups excluding carboxylic acids is 2. The summed E-state index contributed by atoms with van der Waals surface area (Å²) >= 11 is 0. The summed E-state index contributed by atoms with van der Waals surface area (Å²) in [7, 11) is 1.84. The maximum absolute atomic E-state index is 12.6. The molecule has 0 radical (unpaired) electrons. The van der Waals surface area contributed by atoms with E-state index in [1.807, 2.05) is 36.2 Å². The zero-order chi connectivity index (χ0) is 22.3. The first-order valence-corrected chi connectivity index (χ1v) is 10.3. The summed E-state index contributed by atoms with van der Waals surface area (Å²) in [4.78, 5) is 27.1. The summed E-state index contributed by atoms with van der Waals surface area (Å²) in [6.45, 7) is 1.35. The van der Waals surface area contributed by atoms with Crippen LogP contribution in [0.2, 0.25) is 0 Å². The molecule has 8 nitrogen and oxygen atoms in total. The first-order valence-electron chi connectivity index (χ1n) is 10.3. The summed E-state index contributed by atoms with van der Waals surface area (Å²) in [6, 6.07) is 18.0. The molecule has 0 saturated carbocycles. The second kappa shape index (κ2) is 10.0. The van der Waals surface area contributed by atoms with Crippen molar-refractivity contribution < 1.29 is 23.5 Å². The number of para-hydroxylation sites is 3. The van der Waals surface area contributed by atoms with E-state index in [1.54, 1.807) is 42.7 Å². The molecule has 0 saturated heterocycles. The van der Waals surface area contributed by atoms with Gasteiger partial charge in [0.05, 0.1) is 30.6 Å². The Balaban J connectivity index is 1.29. The standard InChI is InChI=1S/C24H25N3O5/c1-27(14-18-16-31-21-10-4-5-11-22(21)32-18)15-23(28)26-20-9-3-2-8-19(20)24(29)25-13-17-7-6-12-30-17/h2-12,18H,13-16H2,1H3,(H,25,29)(H,26,28). The highest BCUT2D eigenvalue weighted by molar-refractivity contribution is 6.04. The van der Waals surface area contributed by atoms with Crippen LogP contribution in [0.3, 0.4) is 0 Å². The molecule has 1 atom stereocenters. The van der Waals surface area contributed by atoms with Gasteiger partial charge in [-0.1, -0.05) is 24.3 Å². The number of carbonyl (C=O) groups is 2. The van der Waals surface area contributed by atoms with E-state index in [0.717, 1.165) is 5.75 Å². The Morgan fingerprint density at radius 2 is 1.81 bits per heavy atom. The van der Waals surface area contributed by atoms with Crippen molar-refractivity contribution in [3.63, 3.8) is 0 Å². The lowest BCUT2D eigenvalue weighted by atomic mass is 10.1. The first-order chi connectivity index (χ1) is 15.6. The maximum Gasteiger partial charge on any atom is 0.253 e. The molecule has 4 rings (SSSR count). The Bertz CT molecular complexity index is 1070. The predicted octanol–water partition coefficient (Wildman–Crippen LogP) is 2.92. The van der Waals surface area contributed by atoms with E-state index in [2.05, 4.69) is 10.6 Å². The fraction of sp³-hybridized carbons (Fsp3) is 0.250. The third-order valence-electron chi connectivity index (χ3n) is 4.95. The van der Waals surface area contributed by atoms with Crippen LogP contribution < -0.4 is 20.1 Å². The zero-order valence-electron chi connectivity index (χ0n) is 17.7. The van der Waals surface area contributed by atoms with E-state index in [1.165, 1.54) is 0 Å². The van der Waals surface area contributed by atoms with E-state index >= 15 is 0 Å². The van der Waals surface area contributed by atoms with E-state index in [-0.39, 0.29) is 31.0 Å². The van der Waals surface area contributed by atoms with Gasteiger partial charge in [-0.2, -0.15) is 0 Å². The summed E-state index contributed by atoms with van der Waals surface area (Å²) in [5.74, 6) is 1.56. The topological polar surface area (TPSA) is 93.0 Å². The third-order valence-corrected chi connectivity index (χ3v) is 4.95. The molecule has 3 aromatic rings. The number of amides is 2. The lowest BCUT2D eigenvalue weighted by molar-refractivity contribution is -0.117. The van der Waals surface area contributed by atoms with Gasteiger partial charge in [0.1, 0.15) is 18.5 Å². The van der Waals surface area contributed by atoms with Gasteiger partial charge in [0, 0.05) is 6.54 Å². The van der Waals surface area contributed by atoms with Crippen LogP contribution in [0.4, 0.5) is 5.69 Å². The average Bonchev–Trinajstić information content (AvgIpc) is 3.31. The van der Waals surface area contributed by atoms with Gasteiger partial charge in [-0.3, -0.25) is 14.5 Å². The Kier molecular flexibility index (Phi) is 6.72. The first kappa shape index (κ1) is 21.5. The van der Waals surface area contributed by atoms with Crippen molar-refractivity contribution in [2.75, 3.05) is 32.1 Å². The minimum absolute atomic E-state index is 0.143. The van der Waals surface area contributed by atoms with Gasteiger partial charge in [-0.15, -0.1) is 0 Å². The fourth-order valence-electron chi connectivity index (χ4n) is 3.47. The van der Waals surface area contributed by atoms with Gasteiger partial charge < -0.3 is 24.5 Å². The number of nitrogens with one attached hydrogen (secondary N) is 2. The van der Waals surface area contributed by atoms with Gasteiger partial charge in [0.2, 0.25) is 5.91 Å².